The maximum Gasteiger partial charge on any atom is 0.252 e. The van der Waals surface area contributed by atoms with Gasteiger partial charge < -0.3 is 19.1 Å². The molecule has 0 amide bonds. The lowest BCUT2D eigenvalue weighted by atomic mass is 9.33. The normalized spacial score (nSPS) is 13.1. The molecule has 3 heterocycles. The van der Waals surface area contributed by atoms with Crippen LogP contribution in [0.5, 0.6) is 0 Å². The van der Waals surface area contributed by atoms with Crippen LogP contribution in [0.25, 0.3) is 21.9 Å². The molecule has 2 aliphatic heterocycles. The number of furan rings is 1. The molecule has 0 atom stereocenters. The van der Waals surface area contributed by atoms with Crippen molar-refractivity contribution >= 4 is 96.2 Å². The fourth-order valence-electron chi connectivity index (χ4n) is 10.1. The summed E-state index contributed by atoms with van der Waals surface area (Å²) in [6.07, 6.45) is 0. The van der Waals surface area contributed by atoms with Crippen molar-refractivity contribution in [1.29, 1.82) is 0 Å². The molecule has 0 saturated carbocycles. The Bertz CT molecular complexity index is 3120. The van der Waals surface area contributed by atoms with Gasteiger partial charge in [-0.25, -0.2) is 0 Å². The quantitative estimate of drug-likeness (QED) is 0.162. The van der Waals surface area contributed by atoms with Crippen LogP contribution in [0.1, 0.15) is 54.2 Å². The van der Waals surface area contributed by atoms with Crippen molar-refractivity contribution in [1.82, 2.24) is 0 Å². The van der Waals surface area contributed by atoms with Gasteiger partial charge in [0.1, 0.15) is 5.58 Å². The van der Waals surface area contributed by atoms with Crippen LogP contribution in [0, 0.1) is 34.6 Å². The first kappa shape index (κ1) is 38.0. The molecule has 11 rings (SSSR count). The zero-order valence-electron chi connectivity index (χ0n) is 36.8. The van der Waals surface area contributed by atoms with E-state index in [2.05, 4.69) is 228 Å². The summed E-state index contributed by atoms with van der Waals surface area (Å²) < 4.78 is 7.16. The summed E-state index contributed by atoms with van der Waals surface area (Å²) in [5.41, 5.74) is 23.2. The number of aryl methyl sites for hydroxylation is 5. The van der Waals surface area contributed by atoms with Gasteiger partial charge in [-0.2, -0.15) is 0 Å². The Morgan fingerprint density at radius 2 is 0.968 bits per heavy atom. The molecule has 1 aromatic heterocycles. The maximum absolute atomic E-state index is 7.16. The monoisotopic (exact) mass is 803 g/mol. The summed E-state index contributed by atoms with van der Waals surface area (Å²) in [5.74, 6) is 0. The van der Waals surface area contributed by atoms with Crippen LogP contribution in [0.3, 0.4) is 0 Å². The Labute approximate surface area is 365 Å². The van der Waals surface area contributed by atoms with Crippen LogP contribution >= 0.6 is 0 Å². The summed E-state index contributed by atoms with van der Waals surface area (Å²) in [6.45, 7) is 17.8. The first-order valence-corrected chi connectivity index (χ1v) is 21.9. The molecule has 4 nitrogen and oxygen atoms in total. The van der Waals surface area contributed by atoms with E-state index in [1.807, 2.05) is 0 Å². The van der Waals surface area contributed by atoms with Gasteiger partial charge in [-0.15, -0.1) is 0 Å². The minimum atomic E-state index is -0.0938. The number of benzene rings is 8. The molecule has 0 N–H and O–H groups in total. The van der Waals surface area contributed by atoms with Gasteiger partial charge in [0, 0.05) is 56.1 Å². The average Bonchev–Trinajstić information content (AvgIpc) is 3.65. The highest BCUT2D eigenvalue weighted by molar-refractivity contribution is 7.00. The molecule has 0 bridgehead atoms. The molecular weight excluding hydrogens is 753 g/mol. The van der Waals surface area contributed by atoms with Crippen molar-refractivity contribution in [3.05, 3.63) is 191 Å². The maximum atomic E-state index is 7.16. The average molecular weight is 804 g/mol. The standard InChI is InChI=1S/C57H50BN3O/c1-35-19-25-40(26-20-35)59-49-29-23-37(3)31-46(49)58-47-32-38(4)24-30-50(47)60(41-27-21-36(2)22-28-41)53-34-42(33-52(59)54(53)58)61(48-17-10-9-13-39(48)5)51-18-12-15-44-43-14-11-16-45(57(6,7)8)55(43)62-56(44)51/h9-34H,1-8H3. The molecule has 0 saturated heterocycles. The minimum Gasteiger partial charge on any atom is -0.454 e. The topological polar surface area (TPSA) is 22.9 Å². The third kappa shape index (κ3) is 5.90. The summed E-state index contributed by atoms with van der Waals surface area (Å²) in [6, 6.07) is 58.9. The lowest BCUT2D eigenvalue weighted by Gasteiger charge is -2.45. The molecule has 8 aromatic carbocycles. The molecule has 0 radical (unpaired) electrons. The number of para-hydroxylation sites is 3. The van der Waals surface area contributed by atoms with Crippen LogP contribution in [0.2, 0.25) is 0 Å². The van der Waals surface area contributed by atoms with E-state index in [4.69, 9.17) is 4.42 Å². The van der Waals surface area contributed by atoms with Gasteiger partial charge in [-0.3, -0.25) is 0 Å². The van der Waals surface area contributed by atoms with Crippen molar-refractivity contribution in [2.75, 3.05) is 14.7 Å². The highest BCUT2D eigenvalue weighted by Crippen LogP contribution is 2.50. The Morgan fingerprint density at radius 1 is 0.468 bits per heavy atom. The van der Waals surface area contributed by atoms with E-state index < -0.39 is 0 Å². The molecule has 2 aliphatic rings. The fraction of sp³-hybridized carbons (Fsp3) is 0.158. The number of hydrogen-bond acceptors (Lipinski definition) is 4. The Hall–Kier alpha value is -6.98. The van der Waals surface area contributed by atoms with Crippen molar-refractivity contribution in [2.24, 2.45) is 0 Å². The highest BCUT2D eigenvalue weighted by atomic mass is 16.3. The Morgan fingerprint density at radius 3 is 1.52 bits per heavy atom. The van der Waals surface area contributed by atoms with E-state index in [1.54, 1.807) is 0 Å². The summed E-state index contributed by atoms with van der Waals surface area (Å²) in [7, 11) is 0. The highest BCUT2D eigenvalue weighted by Gasteiger charge is 2.44. The van der Waals surface area contributed by atoms with Gasteiger partial charge in [0.2, 0.25) is 0 Å². The van der Waals surface area contributed by atoms with Crippen molar-refractivity contribution in [3.8, 4) is 0 Å². The van der Waals surface area contributed by atoms with Crippen molar-refractivity contribution in [3.63, 3.8) is 0 Å². The third-order valence-corrected chi connectivity index (χ3v) is 13.1. The van der Waals surface area contributed by atoms with E-state index in [0.717, 1.165) is 61.8 Å². The second-order valence-electron chi connectivity index (χ2n) is 18.6. The SMILES string of the molecule is Cc1ccc(N2c3ccc(C)cc3B3c4cc(C)ccc4N(c4ccc(C)cc4)c4cc(N(c5ccccc5C)c5cccc6c5oc5c(C(C)(C)C)cccc56)cc2c43)cc1. The second kappa shape index (κ2) is 14.0. The second-order valence-corrected chi connectivity index (χ2v) is 18.6. The van der Waals surface area contributed by atoms with Gasteiger partial charge in [-0.05, 0) is 123 Å². The first-order valence-electron chi connectivity index (χ1n) is 21.9. The Balaban J connectivity index is 1.28. The number of fused-ring (bicyclic) bond motifs is 7. The molecule has 0 unspecified atom stereocenters. The van der Waals surface area contributed by atoms with Gasteiger partial charge in [-0.1, -0.05) is 140 Å². The zero-order chi connectivity index (χ0) is 42.6. The summed E-state index contributed by atoms with van der Waals surface area (Å²) >= 11 is 0. The van der Waals surface area contributed by atoms with Crippen LogP contribution in [0.15, 0.2) is 162 Å². The molecule has 0 aliphatic carbocycles. The lowest BCUT2D eigenvalue weighted by Crippen LogP contribution is -2.61. The molecule has 302 valence electrons. The summed E-state index contributed by atoms with van der Waals surface area (Å²) in [5, 5.41) is 2.25. The van der Waals surface area contributed by atoms with Crippen molar-refractivity contribution in [2.45, 2.75) is 60.8 Å². The minimum absolute atomic E-state index is 0.0174. The van der Waals surface area contributed by atoms with Gasteiger partial charge >= 0.3 is 0 Å². The predicted molar refractivity (Wildman–Crippen MR) is 265 cm³/mol. The first-order chi connectivity index (χ1) is 29.9. The summed E-state index contributed by atoms with van der Waals surface area (Å²) in [4.78, 5) is 7.46. The molecule has 9 aromatic rings. The molecule has 0 spiro atoms. The van der Waals surface area contributed by atoms with Crippen LogP contribution < -0.4 is 31.1 Å². The molecule has 5 heteroatoms. The van der Waals surface area contributed by atoms with Gasteiger partial charge in [0.15, 0.2) is 5.58 Å². The smallest absolute Gasteiger partial charge is 0.252 e. The number of rotatable bonds is 5. The predicted octanol–water partition coefficient (Wildman–Crippen LogP) is 14.0. The lowest BCUT2D eigenvalue weighted by molar-refractivity contribution is 0.573. The van der Waals surface area contributed by atoms with Crippen molar-refractivity contribution < 1.29 is 4.42 Å². The number of nitrogens with zero attached hydrogens (tertiary/aromatic N) is 3. The Kier molecular flexibility index (Phi) is 8.60. The van der Waals surface area contributed by atoms with Gasteiger partial charge in [0.05, 0.1) is 11.4 Å². The molecule has 0 fully saturated rings. The molecule has 62 heavy (non-hydrogen) atoms. The largest absolute Gasteiger partial charge is 0.454 e. The van der Waals surface area contributed by atoms with E-state index in [9.17, 15) is 0 Å². The van der Waals surface area contributed by atoms with E-state index in [1.165, 1.54) is 61.1 Å². The van der Waals surface area contributed by atoms with Crippen LogP contribution in [-0.4, -0.2) is 6.71 Å². The molecular formula is C57H50BN3O. The zero-order valence-corrected chi connectivity index (χ0v) is 36.8. The fourth-order valence-corrected chi connectivity index (χ4v) is 10.1. The number of hydrogen-bond donors (Lipinski definition) is 0. The van der Waals surface area contributed by atoms with Gasteiger partial charge in [0.25, 0.3) is 6.71 Å². The van der Waals surface area contributed by atoms with E-state index in [-0.39, 0.29) is 12.1 Å². The third-order valence-electron chi connectivity index (χ3n) is 13.1. The number of anilines is 9. The van der Waals surface area contributed by atoms with E-state index >= 15 is 0 Å². The van der Waals surface area contributed by atoms with Crippen LogP contribution in [-0.2, 0) is 5.41 Å². The van der Waals surface area contributed by atoms with E-state index in [0.29, 0.717) is 0 Å². The van der Waals surface area contributed by atoms with Crippen LogP contribution in [0.4, 0.5) is 51.2 Å².